The Hall–Kier alpha value is -2.95. The van der Waals surface area contributed by atoms with Crippen LogP contribution in [0.1, 0.15) is 32.7 Å². The molecule has 3 rings (SSSR count). The number of aromatic carboxylic acids is 1. The van der Waals surface area contributed by atoms with Crippen LogP contribution in [0.15, 0.2) is 42.5 Å². The summed E-state index contributed by atoms with van der Waals surface area (Å²) in [6.45, 7) is 6.55. The topological polar surface area (TPSA) is 68.0 Å². The lowest BCUT2D eigenvalue weighted by Crippen LogP contribution is -2.07. The fourth-order valence-electron chi connectivity index (χ4n) is 2.83. The van der Waals surface area contributed by atoms with E-state index in [2.05, 4.69) is 16.4 Å². The molecule has 0 saturated heterocycles. The fraction of sp³-hybridized carbons (Fsp3) is 0.211. The zero-order valence-electron chi connectivity index (χ0n) is 13.9. The summed E-state index contributed by atoms with van der Waals surface area (Å²) in [4.78, 5) is 11.5. The number of aryl methyl sites for hydroxylation is 3. The highest BCUT2D eigenvalue weighted by atomic mass is 16.4. The van der Waals surface area contributed by atoms with Gasteiger partial charge in [0.15, 0.2) is 5.69 Å². The molecule has 122 valence electrons. The van der Waals surface area contributed by atoms with Crippen LogP contribution >= 0.6 is 0 Å². The van der Waals surface area contributed by atoms with Gasteiger partial charge in [-0.15, -0.1) is 5.10 Å². The molecule has 0 radical (unpaired) electrons. The van der Waals surface area contributed by atoms with E-state index < -0.39 is 5.97 Å². The van der Waals surface area contributed by atoms with Crippen LogP contribution in [0.5, 0.6) is 0 Å². The van der Waals surface area contributed by atoms with Gasteiger partial charge < -0.3 is 5.11 Å². The number of carboxylic acids is 1. The third kappa shape index (κ3) is 3.06. The highest BCUT2D eigenvalue weighted by molar-refractivity contribution is 5.92. The third-order valence-electron chi connectivity index (χ3n) is 4.05. The van der Waals surface area contributed by atoms with Crippen LogP contribution in [0.4, 0.5) is 0 Å². The summed E-state index contributed by atoms with van der Waals surface area (Å²) in [7, 11) is 0. The molecule has 1 N–H and O–H groups in total. The standard InChI is InChI=1S/C19H19N3O2/c1-12-5-4-6-15(10-12)18-17(19(23)24)20-21-22(18)11-16-8-7-13(2)9-14(16)3/h4-10H,11H2,1-3H3,(H,23,24). The summed E-state index contributed by atoms with van der Waals surface area (Å²) in [5, 5.41) is 17.4. The van der Waals surface area contributed by atoms with Crippen molar-refractivity contribution < 1.29 is 9.90 Å². The van der Waals surface area contributed by atoms with Gasteiger partial charge in [-0.3, -0.25) is 0 Å². The van der Waals surface area contributed by atoms with Gasteiger partial charge in [-0.25, -0.2) is 9.48 Å². The lowest BCUT2D eigenvalue weighted by molar-refractivity contribution is 0.0691. The van der Waals surface area contributed by atoms with Crippen LogP contribution in [-0.4, -0.2) is 26.1 Å². The molecule has 0 aliphatic heterocycles. The lowest BCUT2D eigenvalue weighted by atomic mass is 10.0. The maximum atomic E-state index is 11.5. The van der Waals surface area contributed by atoms with Crippen LogP contribution in [0.25, 0.3) is 11.3 Å². The van der Waals surface area contributed by atoms with Crippen LogP contribution in [-0.2, 0) is 6.54 Å². The predicted molar refractivity (Wildman–Crippen MR) is 92.2 cm³/mol. The average Bonchev–Trinajstić information content (AvgIpc) is 2.94. The predicted octanol–water partition coefficient (Wildman–Crippen LogP) is 3.62. The molecule has 0 aliphatic carbocycles. The van der Waals surface area contributed by atoms with Gasteiger partial charge in [-0.1, -0.05) is 52.7 Å². The number of nitrogens with zero attached hydrogens (tertiary/aromatic N) is 3. The molecule has 24 heavy (non-hydrogen) atoms. The van der Waals surface area contributed by atoms with Crippen LogP contribution in [0, 0.1) is 20.8 Å². The van der Waals surface area contributed by atoms with E-state index in [4.69, 9.17) is 0 Å². The van der Waals surface area contributed by atoms with Crippen molar-refractivity contribution in [2.75, 3.05) is 0 Å². The molecule has 5 nitrogen and oxygen atoms in total. The number of carbonyl (C=O) groups is 1. The summed E-state index contributed by atoms with van der Waals surface area (Å²) in [5.41, 5.74) is 5.82. The van der Waals surface area contributed by atoms with Crippen LogP contribution < -0.4 is 0 Å². The minimum Gasteiger partial charge on any atom is -0.476 e. The molecule has 0 spiro atoms. The second-order valence-electron chi connectivity index (χ2n) is 6.05. The molecular formula is C19H19N3O2. The van der Waals surface area contributed by atoms with Gasteiger partial charge in [0.05, 0.1) is 6.54 Å². The molecule has 0 unspecified atom stereocenters. The third-order valence-corrected chi connectivity index (χ3v) is 4.05. The zero-order valence-corrected chi connectivity index (χ0v) is 13.9. The Morgan fingerprint density at radius 1 is 1.08 bits per heavy atom. The molecule has 2 aromatic carbocycles. The van der Waals surface area contributed by atoms with Crippen molar-refractivity contribution in [2.45, 2.75) is 27.3 Å². The molecule has 0 amide bonds. The van der Waals surface area contributed by atoms with E-state index in [0.29, 0.717) is 12.2 Å². The highest BCUT2D eigenvalue weighted by Gasteiger charge is 2.21. The Labute approximate surface area is 140 Å². The molecule has 1 heterocycles. The first kappa shape index (κ1) is 15.9. The molecule has 0 fully saturated rings. The molecule has 0 aliphatic rings. The Kier molecular flexibility index (Phi) is 4.16. The molecule has 0 atom stereocenters. The minimum atomic E-state index is -1.07. The monoisotopic (exact) mass is 321 g/mol. The van der Waals surface area contributed by atoms with Crippen molar-refractivity contribution in [3.63, 3.8) is 0 Å². The Balaban J connectivity index is 2.10. The van der Waals surface area contributed by atoms with Gasteiger partial charge in [-0.05, 0) is 38.0 Å². The summed E-state index contributed by atoms with van der Waals surface area (Å²) in [6, 6.07) is 13.9. The van der Waals surface area contributed by atoms with Crippen molar-refractivity contribution in [3.05, 3.63) is 70.4 Å². The highest BCUT2D eigenvalue weighted by Crippen LogP contribution is 2.25. The van der Waals surface area contributed by atoms with Crippen molar-refractivity contribution in [1.82, 2.24) is 15.0 Å². The van der Waals surface area contributed by atoms with Gasteiger partial charge in [0, 0.05) is 5.56 Å². The van der Waals surface area contributed by atoms with Crippen molar-refractivity contribution in [1.29, 1.82) is 0 Å². The first-order chi connectivity index (χ1) is 11.5. The number of carboxylic acid groups (broad SMARTS) is 1. The quantitative estimate of drug-likeness (QED) is 0.797. The maximum Gasteiger partial charge on any atom is 0.358 e. The van der Waals surface area contributed by atoms with E-state index >= 15 is 0 Å². The number of hydrogen-bond donors (Lipinski definition) is 1. The largest absolute Gasteiger partial charge is 0.476 e. The van der Waals surface area contributed by atoms with Gasteiger partial charge in [0.25, 0.3) is 0 Å². The van der Waals surface area contributed by atoms with E-state index in [1.807, 2.05) is 57.2 Å². The number of benzene rings is 2. The Bertz CT molecular complexity index is 913. The van der Waals surface area contributed by atoms with E-state index in [1.54, 1.807) is 4.68 Å². The average molecular weight is 321 g/mol. The Morgan fingerprint density at radius 3 is 2.50 bits per heavy atom. The number of aromatic nitrogens is 3. The van der Waals surface area contributed by atoms with Crippen molar-refractivity contribution >= 4 is 5.97 Å². The second kappa shape index (κ2) is 6.28. The summed E-state index contributed by atoms with van der Waals surface area (Å²) >= 11 is 0. The number of hydrogen-bond acceptors (Lipinski definition) is 3. The molecule has 3 aromatic rings. The van der Waals surface area contributed by atoms with Crippen LogP contribution in [0.3, 0.4) is 0 Å². The molecule has 0 bridgehead atoms. The van der Waals surface area contributed by atoms with Gasteiger partial charge in [0.2, 0.25) is 0 Å². The van der Waals surface area contributed by atoms with E-state index in [9.17, 15) is 9.90 Å². The molecule has 5 heteroatoms. The Morgan fingerprint density at radius 2 is 1.83 bits per heavy atom. The SMILES string of the molecule is Cc1cccc(-c2c(C(=O)O)nnn2Cc2ccc(C)cc2C)c1. The first-order valence-electron chi connectivity index (χ1n) is 7.75. The fourth-order valence-corrected chi connectivity index (χ4v) is 2.83. The summed E-state index contributed by atoms with van der Waals surface area (Å²) in [6.07, 6.45) is 0. The van der Waals surface area contributed by atoms with Crippen molar-refractivity contribution in [2.24, 2.45) is 0 Å². The van der Waals surface area contributed by atoms with Gasteiger partial charge in [-0.2, -0.15) is 0 Å². The smallest absolute Gasteiger partial charge is 0.358 e. The first-order valence-corrected chi connectivity index (χ1v) is 7.75. The molecular weight excluding hydrogens is 302 g/mol. The van der Waals surface area contributed by atoms with E-state index in [0.717, 1.165) is 22.3 Å². The summed E-state index contributed by atoms with van der Waals surface area (Å²) < 4.78 is 1.66. The summed E-state index contributed by atoms with van der Waals surface area (Å²) in [5.74, 6) is -1.07. The lowest BCUT2D eigenvalue weighted by Gasteiger charge is -2.11. The van der Waals surface area contributed by atoms with Gasteiger partial charge in [0.1, 0.15) is 5.69 Å². The molecule has 1 aromatic heterocycles. The zero-order chi connectivity index (χ0) is 17.3. The second-order valence-corrected chi connectivity index (χ2v) is 6.05. The number of rotatable bonds is 4. The van der Waals surface area contributed by atoms with Crippen LogP contribution in [0.2, 0.25) is 0 Å². The maximum absolute atomic E-state index is 11.5. The normalized spacial score (nSPS) is 10.8. The van der Waals surface area contributed by atoms with Gasteiger partial charge >= 0.3 is 5.97 Å². The van der Waals surface area contributed by atoms with Crippen molar-refractivity contribution in [3.8, 4) is 11.3 Å². The minimum absolute atomic E-state index is 0.0228. The molecule has 0 saturated carbocycles. The van der Waals surface area contributed by atoms with E-state index in [-0.39, 0.29) is 5.69 Å². The van der Waals surface area contributed by atoms with E-state index in [1.165, 1.54) is 5.56 Å².